The standard InChI is InChI=1S/C43H49N4O11P/c1-6-45(7-2)59(56-28-26-30-13-19-34(20-14-30)47(50)51)58-39-37(57-41(40(39)54-5)46-27-25-38(48)44-42(46)49)29-55-43(31-11-9-8-10-12-31,32-15-21-35(52-3)22-16-32)33-17-23-36(53-4)24-18-33/h8-25,27,37,39-41H,6-7,26,28-29H2,1-5H3,(H,44,48,49)/t37-,39-,40-,41-,59?/m1/s1. The third kappa shape index (κ3) is 9.80. The molecular formula is C43H49N4O11P. The molecule has 5 atom stereocenters. The molecule has 1 fully saturated rings. The molecule has 6 rings (SSSR count). The van der Waals surface area contributed by atoms with Crippen molar-refractivity contribution >= 4 is 14.2 Å². The van der Waals surface area contributed by atoms with Crippen LogP contribution < -0.4 is 20.7 Å². The minimum atomic E-state index is -1.75. The number of nitrogens with one attached hydrogen (secondary N) is 1. The van der Waals surface area contributed by atoms with Gasteiger partial charge in [0, 0.05) is 44.6 Å². The van der Waals surface area contributed by atoms with Crippen LogP contribution in [-0.4, -0.2) is 85.1 Å². The topological polar surface area (TPSA) is 166 Å². The first-order valence-corrected chi connectivity index (χ1v) is 20.3. The fraction of sp³-hybridized carbons (Fsp3) is 0.349. The van der Waals surface area contributed by atoms with Gasteiger partial charge >= 0.3 is 5.69 Å². The first-order valence-electron chi connectivity index (χ1n) is 19.2. The fourth-order valence-electron chi connectivity index (χ4n) is 7.12. The predicted molar refractivity (Wildman–Crippen MR) is 222 cm³/mol. The van der Waals surface area contributed by atoms with Crippen molar-refractivity contribution in [1.29, 1.82) is 0 Å². The first kappa shape index (κ1) is 43.3. The number of H-pyrrole nitrogens is 1. The number of aromatic amines is 1. The molecule has 1 saturated heterocycles. The number of aromatic nitrogens is 2. The molecule has 4 aromatic carbocycles. The largest absolute Gasteiger partial charge is 0.497 e. The van der Waals surface area contributed by atoms with Crippen LogP contribution in [0.1, 0.15) is 42.3 Å². The Balaban J connectivity index is 1.39. The van der Waals surface area contributed by atoms with E-state index in [1.165, 1.54) is 36.1 Å². The highest BCUT2D eigenvalue weighted by molar-refractivity contribution is 7.44. The molecular weight excluding hydrogens is 779 g/mol. The molecule has 1 aromatic heterocycles. The van der Waals surface area contributed by atoms with E-state index in [0.717, 1.165) is 22.3 Å². The number of rotatable bonds is 20. The summed E-state index contributed by atoms with van der Waals surface area (Å²) in [6.07, 6.45) is -1.74. The molecule has 2 heterocycles. The summed E-state index contributed by atoms with van der Waals surface area (Å²) in [5.41, 5.74) is 0.895. The fourth-order valence-corrected chi connectivity index (χ4v) is 8.65. The molecule has 1 aliphatic heterocycles. The van der Waals surface area contributed by atoms with Crippen molar-refractivity contribution in [3.05, 3.63) is 169 Å². The van der Waals surface area contributed by atoms with Gasteiger partial charge in [-0.1, -0.05) is 80.6 Å². The number of nitrogens with zero attached hydrogens (tertiary/aromatic N) is 3. The Labute approximate surface area is 343 Å². The van der Waals surface area contributed by atoms with Crippen LogP contribution in [0.25, 0.3) is 0 Å². The van der Waals surface area contributed by atoms with Crippen LogP contribution in [0.5, 0.6) is 11.5 Å². The number of nitro groups is 1. The lowest BCUT2D eigenvalue weighted by Gasteiger charge is -2.38. The van der Waals surface area contributed by atoms with E-state index in [2.05, 4.69) is 9.65 Å². The van der Waals surface area contributed by atoms with Crippen molar-refractivity contribution in [1.82, 2.24) is 14.2 Å². The van der Waals surface area contributed by atoms with Gasteiger partial charge in [0.15, 0.2) is 6.23 Å². The highest BCUT2D eigenvalue weighted by Crippen LogP contribution is 2.49. The zero-order valence-electron chi connectivity index (χ0n) is 33.6. The van der Waals surface area contributed by atoms with E-state index in [1.807, 2.05) is 92.7 Å². The third-order valence-corrected chi connectivity index (χ3v) is 12.1. The maximum absolute atomic E-state index is 13.2. The second-order valence-electron chi connectivity index (χ2n) is 13.6. The monoisotopic (exact) mass is 828 g/mol. The smallest absolute Gasteiger partial charge is 0.330 e. The summed E-state index contributed by atoms with van der Waals surface area (Å²) in [6, 6.07) is 32.8. The molecule has 312 valence electrons. The maximum atomic E-state index is 13.2. The van der Waals surface area contributed by atoms with Gasteiger partial charge in [0.05, 0.1) is 32.4 Å². The van der Waals surface area contributed by atoms with Gasteiger partial charge in [-0.05, 0) is 52.9 Å². The van der Waals surface area contributed by atoms with Crippen LogP contribution in [0, 0.1) is 10.1 Å². The minimum Gasteiger partial charge on any atom is -0.497 e. The van der Waals surface area contributed by atoms with E-state index in [9.17, 15) is 19.7 Å². The van der Waals surface area contributed by atoms with Gasteiger partial charge in [-0.25, -0.2) is 9.46 Å². The Kier molecular flexibility index (Phi) is 14.8. The highest BCUT2D eigenvalue weighted by atomic mass is 31.2. The summed E-state index contributed by atoms with van der Waals surface area (Å²) in [5.74, 6) is 1.35. The van der Waals surface area contributed by atoms with Crippen LogP contribution in [0.4, 0.5) is 5.69 Å². The summed E-state index contributed by atoms with van der Waals surface area (Å²) >= 11 is 0. The normalized spacial score (nSPS) is 18.5. The number of benzene rings is 4. The van der Waals surface area contributed by atoms with Crippen LogP contribution in [0.3, 0.4) is 0 Å². The molecule has 0 aliphatic carbocycles. The molecule has 0 bridgehead atoms. The number of methoxy groups -OCH3 is 3. The van der Waals surface area contributed by atoms with Crippen LogP contribution >= 0.6 is 8.53 Å². The van der Waals surface area contributed by atoms with E-state index >= 15 is 0 Å². The van der Waals surface area contributed by atoms with Gasteiger partial charge in [0.1, 0.15) is 35.4 Å². The number of ether oxygens (including phenoxy) is 5. The van der Waals surface area contributed by atoms with Crippen LogP contribution in [-0.2, 0) is 35.3 Å². The van der Waals surface area contributed by atoms with Crippen molar-refractivity contribution in [3.63, 3.8) is 0 Å². The Morgan fingerprint density at radius 3 is 1.93 bits per heavy atom. The zero-order chi connectivity index (χ0) is 41.9. The Bertz CT molecular complexity index is 2170. The Hall–Kier alpha value is -5.25. The van der Waals surface area contributed by atoms with Gasteiger partial charge < -0.3 is 32.7 Å². The quantitative estimate of drug-likeness (QED) is 0.0388. The molecule has 1 unspecified atom stereocenters. The second-order valence-corrected chi connectivity index (χ2v) is 15.1. The molecule has 1 N–H and O–H groups in total. The van der Waals surface area contributed by atoms with E-state index < -0.39 is 54.8 Å². The number of hydrogen-bond donors (Lipinski definition) is 1. The number of hydrogen-bond acceptors (Lipinski definition) is 12. The zero-order valence-corrected chi connectivity index (χ0v) is 34.5. The Morgan fingerprint density at radius 2 is 1.41 bits per heavy atom. The lowest BCUT2D eigenvalue weighted by molar-refractivity contribution is -0.384. The molecule has 16 heteroatoms. The molecule has 59 heavy (non-hydrogen) atoms. The van der Waals surface area contributed by atoms with Gasteiger partial charge in [-0.2, -0.15) is 0 Å². The van der Waals surface area contributed by atoms with Crippen LogP contribution in [0.2, 0.25) is 0 Å². The molecule has 0 amide bonds. The van der Waals surface area contributed by atoms with Gasteiger partial charge in [-0.3, -0.25) is 24.5 Å². The summed E-state index contributed by atoms with van der Waals surface area (Å²) in [6.45, 7) is 5.39. The van der Waals surface area contributed by atoms with Gasteiger partial charge in [0.25, 0.3) is 19.8 Å². The van der Waals surface area contributed by atoms with Crippen molar-refractivity contribution in [2.45, 2.75) is 50.4 Å². The summed E-state index contributed by atoms with van der Waals surface area (Å²) < 4.78 is 47.9. The molecule has 0 saturated carbocycles. The summed E-state index contributed by atoms with van der Waals surface area (Å²) in [7, 11) is 2.98. The molecule has 1 aliphatic rings. The van der Waals surface area contributed by atoms with E-state index in [1.54, 1.807) is 26.4 Å². The second kappa shape index (κ2) is 20.1. The van der Waals surface area contributed by atoms with Crippen molar-refractivity contribution in [3.8, 4) is 11.5 Å². The average molecular weight is 829 g/mol. The maximum Gasteiger partial charge on any atom is 0.330 e. The van der Waals surface area contributed by atoms with Crippen molar-refractivity contribution in [2.75, 3.05) is 47.6 Å². The summed E-state index contributed by atoms with van der Waals surface area (Å²) in [4.78, 5) is 38.5. The van der Waals surface area contributed by atoms with Gasteiger partial charge in [0.2, 0.25) is 0 Å². The average Bonchev–Trinajstić information content (AvgIpc) is 3.61. The first-order chi connectivity index (χ1) is 28.6. The Morgan fingerprint density at radius 1 is 0.814 bits per heavy atom. The van der Waals surface area contributed by atoms with Crippen LogP contribution in [0.15, 0.2) is 125 Å². The SMILES string of the molecule is CCN(CC)P(OCCc1ccc([N+](=O)[O-])cc1)O[C@H]1[C@@H](OC)[C@H](n2ccc(=O)[nH]c2=O)O[C@@H]1COC(c1ccccc1)(c1ccc(OC)cc1)c1ccc(OC)cc1. The highest BCUT2D eigenvalue weighted by Gasteiger charge is 2.51. The summed E-state index contributed by atoms with van der Waals surface area (Å²) in [5, 5.41) is 11.2. The molecule has 0 spiro atoms. The van der Waals surface area contributed by atoms with E-state index in [-0.39, 0.29) is 18.9 Å². The van der Waals surface area contributed by atoms with Gasteiger partial charge in [-0.15, -0.1) is 0 Å². The molecule has 0 radical (unpaired) electrons. The molecule has 15 nitrogen and oxygen atoms in total. The third-order valence-electron chi connectivity index (χ3n) is 10.2. The minimum absolute atomic E-state index is 0.00918. The van der Waals surface area contributed by atoms with E-state index in [0.29, 0.717) is 31.0 Å². The number of nitro benzene ring substituents is 1. The lowest BCUT2D eigenvalue weighted by Crippen LogP contribution is -2.42. The van der Waals surface area contributed by atoms with E-state index in [4.69, 9.17) is 32.7 Å². The molecule has 5 aromatic rings. The lowest BCUT2D eigenvalue weighted by atomic mass is 9.80. The number of non-ortho nitro benzene ring substituents is 1. The predicted octanol–water partition coefficient (Wildman–Crippen LogP) is 6.60. The van der Waals surface area contributed by atoms with Crippen molar-refractivity contribution in [2.24, 2.45) is 0 Å². The van der Waals surface area contributed by atoms with Crippen molar-refractivity contribution < 1.29 is 37.7 Å².